The number of nitrogens with one attached hydrogen (secondary N) is 1. The minimum absolute atomic E-state index is 0.190. The van der Waals surface area contributed by atoms with E-state index in [1.54, 1.807) is 18.6 Å². The molecule has 0 bridgehead atoms. The van der Waals surface area contributed by atoms with E-state index < -0.39 is 0 Å². The highest BCUT2D eigenvalue weighted by Crippen LogP contribution is 2.28. The summed E-state index contributed by atoms with van der Waals surface area (Å²) in [6.45, 7) is 4.23. The molecule has 0 unspecified atom stereocenters. The molecule has 0 fully saturated rings. The Morgan fingerprint density at radius 3 is 2.76 bits per heavy atom. The number of carbonyl (C=O) groups is 1. The van der Waals surface area contributed by atoms with Crippen LogP contribution in [-0.4, -0.2) is 25.5 Å². The monoisotopic (exact) mass is 386 g/mol. The number of hydrogen-bond donors (Lipinski definition) is 2. The van der Waals surface area contributed by atoms with Crippen LogP contribution >= 0.6 is 0 Å². The third kappa shape index (κ3) is 3.94. The van der Waals surface area contributed by atoms with Crippen molar-refractivity contribution in [1.29, 1.82) is 0 Å². The van der Waals surface area contributed by atoms with Gasteiger partial charge in [0.2, 0.25) is 11.9 Å². The number of benzene rings is 1. The Balaban J connectivity index is 1.73. The normalized spacial score (nSPS) is 11.1. The number of anilines is 2. The topological polar surface area (TPSA) is 98.2 Å². The van der Waals surface area contributed by atoms with Crippen LogP contribution in [-0.2, 0) is 11.2 Å². The second kappa shape index (κ2) is 7.71. The van der Waals surface area contributed by atoms with Crippen LogP contribution in [0.15, 0.2) is 61.1 Å². The Kier molecular flexibility index (Phi) is 4.95. The summed E-state index contributed by atoms with van der Waals surface area (Å²) in [5.74, 6) is 0.401. The fourth-order valence-electron chi connectivity index (χ4n) is 3.34. The number of pyridine rings is 1. The van der Waals surface area contributed by atoms with Gasteiger partial charge in [0.05, 0.1) is 23.8 Å². The number of hydrogen-bond acceptors (Lipinski definition) is 5. The average molecular weight is 386 g/mol. The largest absolute Gasteiger partial charge is 0.369 e. The lowest BCUT2D eigenvalue weighted by Gasteiger charge is -2.15. The van der Waals surface area contributed by atoms with Gasteiger partial charge < -0.3 is 11.1 Å². The second-order valence-electron chi connectivity index (χ2n) is 7.22. The fraction of sp³-hybridized carbons (Fsp3) is 0.182. The summed E-state index contributed by atoms with van der Waals surface area (Å²) >= 11 is 0. The van der Waals surface area contributed by atoms with Crippen LogP contribution < -0.4 is 11.1 Å². The number of carbonyl (C=O) groups excluding carboxylic acids is 1. The molecule has 0 spiro atoms. The zero-order valence-corrected chi connectivity index (χ0v) is 16.3. The van der Waals surface area contributed by atoms with E-state index in [0.29, 0.717) is 11.9 Å². The fourth-order valence-corrected chi connectivity index (χ4v) is 3.34. The Hall–Kier alpha value is -3.74. The summed E-state index contributed by atoms with van der Waals surface area (Å²) in [6, 6.07) is 13.7. The van der Waals surface area contributed by atoms with Crippen molar-refractivity contribution >= 4 is 23.1 Å². The van der Waals surface area contributed by atoms with Crippen LogP contribution in [0, 0.1) is 0 Å². The molecule has 1 amide bonds. The lowest BCUT2D eigenvalue weighted by molar-refractivity contribution is -0.117. The molecule has 0 atom stereocenters. The molecule has 4 aromatic rings. The standard InChI is InChI=1S/C22H22N6O/c1-14(2)18-7-5-15(11-21(23)29)10-19(18)26-22-25-13-17-6-8-20(28(17)27-22)16-4-3-9-24-12-16/h3-10,12-14H,11H2,1-2H3,(H2,23,29)(H,26,27). The van der Waals surface area contributed by atoms with Crippen LogP contribution in [0.25, 0.3) is 16.8 Å². The molecule has 3 aromatic heterocycles. The SMILES string of the molecule is CC(C)c1ccc(CC(N)=O)cc1Nc1ncc2ccc(-c3cccnc3)n2n1. The summed E-state index contributed by atoms with van der Waals surface area (Å²) in [7, 11) is 0. The first-order valence-corrected chi connectivity index (χ1v) is 9.44. The minimum atomic E-state index is -0.362. The van der Waals surface area contributed by atoms with Gasteiger partial charge in [-0.3, -0.25) is 9.78 Å². The van der Waals surface area contributed by atoms with E-state index in [1.807, 2.05) is 47.0 Å². The van der Waals surface area contributed by atoms with E-state index in [2.05, 4.69) is 34.2 Å². The summed E-state index contributed by atoms with van der Waals surface area (Å²) < 4.78 is 1.84. The van der Waals surface area contributed by atoms with Crippen molar-refractivity contribution in [2.75, 3.05) is 5.32 Å². The number of primary amides is 1. The van der Waals surface area contributed by atoms with Gasteiger partial charge in [-0.2, -0.15) is 0 Å². The third-order valence-corrected chi connectivity index (χ3v) is 4.72. The van der Waals surface area contributed by atoms with Crippen LogP contribution in [0.5, 0.6) is 0 Å². The molecule has 7 nitrogen and oxygen atoms in total. The molecule has 3 N–H and O–H groups in total. The molecule has 0 aliphatic carbocycles. The Labute approximate surface area is 168 Å². The molecule has 4 rings (SSSR count). The predicted octanol–water partition coefficient (Wildman–Crippen LogP) is 3.69. The first-order chi connectivity index (χ1) is 14.0. The summed E-state index contributed by atoms with van der Waals surface area (Å²) in [4.78, 5) is 20.0. The smallest absolute Gasteiger partial charge is 0.245 e. The van der Waals surface area contributed by atoms with Gasteiger partial charge in [0.15, 0.2) is 0 Å². The second-order valence-corrected chi connectivity index (χ2v) is 7.22. The van der Waals surface area contributed by atoms with E-state index in [9.17, 15) is 4.79 Å². The maximum absolute atomic E-state index is 11.3. The third-order valence-electron chi connectivity index (χ3n) is 4.72. The number of nitrogens with two attached hydrogens (primary N) is 1. The molecule has 0 radical (unpaired) electrons. The lowest BCUT2D eigenvalue weighted by atomic mass is 9.98. The molecule has 0 aliphatic heterocycles. The van der Waals surface area contributed by atoms with Crippen molar-refractivity contribution in [3.8, 4) is 11.3 Å². The molecule has 0 saturated carbocycles. The van der Waals surface area contributed by atoms with Crippen LogP contribution in [0.1, 0.15) is 30.9 Å². The van der Waals surface area contributed by atoms with E-state index in [-0.39, 0.29) is 12.3 Å². The maximum Gasteiger partial charge on any atom is 0.245 e. The zero-order valence-electron chi connectivity index (χ0n) is 16.3. The van der Waals surface area contributed by atoms with Crippen LogP contribution in [0.2, 0.25) is 0 Å². The first-order valence-electron chi connectivity index (χ1n) is 9.44. The van der Waals surface area contributed by atoms with Gasteiger partial charge in [-0.1, -0.05) is 26.0 Å². The predicted molar refractivity (Wildman–Crippen MR) is 113 cm³/mol. The molecule has 7 heteroatoms. The van der Waals surface area contributed by atoms with Gasteiger partial charge in [0.1, 0.15) is 0 Å². The highest BCUT2D eigenvalue weighted by molar-refractivity contribution is 5.77. The van der Waals surface area contributed by atoms with Gasteiger partial charge in [-0.05, 0) is 47.4 Å². The number of rotatable bonds is 6. The van der Waals surface area contributed by atoms with Gasteiger partial charge >= 0.3 is 0 Å². The van der Waals surface area contributed by atoms with Crippen LogP contribution in [0.4, 0.5) is 11.6 Å². The van der Waals surface area contributed by atoms with Crippen molar-refractivity contribution in [1.82, 2.24) is 19.6 Å². The number of nitrogens with zero attached hydrogens (tertiary/aromatic N) is 4. The van der Waals surface area contributed by atoms with Gasteiger partial charge in [0.25, 0.3) is 0 Å². The lowest BCUT2D eigenvalue weighted by Crippen LogP contribution is -2.14. The van der Waals surface area contributed by atoms with E-state index in [4.69, 9.17) is 5.73 Å². The van der Waals surface area contributed by atoms with E-state index in [1.165, 1.54) is 0 Å². The molecule has 0 aliphatic rings. The molecular weight excluding hydrogens is 364 g/mol. The maximum atomic E-state index is 11.3. The average Bonchev–Trinajstić information content (AvgIpc) is 3.11. The van der Waals surface area contributed by atoms with E-state index in [0.717, 1.165) is 33.6 Å². The molecule has 1 aromatic carbocycles. The van der Waals surface area contributed by atoms with Gasteiger partial charge in [-0.25, -0.2) is 9.50 Å². The minimum Gasteiger partial charge on any atom is -0.369 e. The van der Waals surface area contributed by atoms with Crippen molar-refractivity contribution in [2.45, 2.75) is 26.2 Å². The zero-order chi connectivity index (χ0) is 20.4. The number of amides is 1. The van der Waals surface area contributed by atoms with Crippen LogP contribution in [0.3, 0.4) is 0 Å². The molecule has 0 saturated heterocycles. The molecule has 146 valence electrons. The Bertz CT molecular complexity index is 1170. The number of fused-ring (bicyclic) bond motifs is 1. The van der Waals surface area contributed by atoms with Crippen molar-refractivity contribution in [2.24, 2.45) is 5.73 Å². The van der Waals surface area contributed by atoms with Crippen molar-refractivity contribution < 1.29 is 4.79 Å². The molecule has 29 heavy (non-hydrogen) atoms. The van der Waals surface area contributed by atoms with Crippen molar-refractivity contribution in [3.05, 3.63) is 72.2 Å². The van der Waals surface area contributed by atoms with E-state index >= 15 is 0 Å². The quantitative estimate of drug-likeness (QED) is 0.527. The van der Waals surface area contributed by atoms with Crippen molar-refractivity contribution in [3.63, 3.8) is 0 Å². The van der Waals surface area contributed by atoms with Gasteiger partial charge in [0, 0.05) is 23.6 Å². The molecular formula is C22H22N6O. The highest BCUT2D eigenvalue weighted by Gasteiger charge is 2.12. The summed E-state index contributed by atoms with van der Waals surface area (Å²) in [5, 5.41) is 7.99. The summed E-state index contributed by atoms with van der Waals surface area (Å²) in [6.07, 6.45) is 5.52. The summed E-state index contributed by atoms with van der Waals surface area (Å²) in [5.41, 5.74) is 11.0. The van der Waals surface area contributed by atoms with Gasteiger partial charge in [-0.15, -0.1) is 5.10 Å². The first kappa shape index (κ1) is 18.6. The number of aromatic nitrogens is 4. The Morgan fingerprint density at radius 2 is 2.03 bits per heavy atom. The Morgan fingerprint density at radius 1 is 1.17 bits per heavy atom. The molecule has 3 heterocycles. The highest BCUT2D eigenvalue weighted by atomic mass is 16.1.